The highest BCUT2D eigenvalue weighted by Gasteiger charge is 2.08. The van der Waals surface area contributed by atoms with E-state index in [-0.39, 0.29) is 5.56 Å². The van der Waals surface area contributed by atoms with Gasteiger partial charge in [0.15, 0.2) is 0 Å². The molecule has 0 saturated heterocycles. The van der Waals surface area contributed by atoms with Crippen LogP contribution >= 0.6 is 0 Å². The smallest absolute Gasteiger partial charge is 0.335 e. The first-order chi connectivity index (χ1) is 8.06. The van der Waals surface area contributed by atoms with Gasteiger partial charge in [-0.05, 0) is 38.1 Å². The lowest BCUT2D eigenvalue weighted by Gasteiger charge is -2.04. The third-order valence-corrected chi connectivity index (χ3v) is 2.35. The van der Waals surface area contributed by atoms with Gasteiger partial charge in [-0.3, -0.25) is 9.97 Å². The molecule has 0 saturated carbocycles. The van der Waals surface area contributed by atoms with Gasteiger partial charge in [0, 0.05) is 11.4 Å². The van der Waals surface area contributed by atoms with Crippen LogP contribution in [0.4, 0.5) is 0 Å². The third-order valence-electron chi connectivity index (χ3n) is 2.35. The van der Waals surface area contributed by atoms with Crippen molar-refractivity contribution in [3.05, 3.63) is 47.3 Å². The van der Waals surface area contributed by atoms with Crippen molar-refractivity contribution in [1.82, 2.24) is 9.97 Å². The van der Waals surface area contributed by atoms with E-state index < -0.39 is 5.97 Å². The van der Waals surface area contributed by atoms with E-state index in [1.165, 1.54) is 6.07 Å². The average molecular weight is 228 g/mol. The molecule has 86 valence electrons. The van der Waals surface area contributed by atoms with Gasteiger partial charge in [-0.15, -0.1) is 0 Å². The first kappa shape index (κ1) is 11.3. The molecule has 0 radical (unpaired) electrons. The minimum absolute atomic E-state index is 0.232. The molecule has 0 aliphatic heterocycles. The maximum Gasteiger partial charge on any atom is 0.335 e. The largest absolute Gasteiger partial charge is 0.478 e. The van der Waals surface area contributed by atoms with Crippen LogP contribution in [-0.2, 0) is 0 Å². The molecular formula is C13H12N2O2. The maximum absolute atomic E-state index is 11.0. The third kappa shape index (κ3) is 2.47. The molecule has 0 bridgehead atoms. The van der Waals surface area contributed by atoms with E-state index in [1.807, 2.05) is 25.1 Å². The van der Waals surface area contributed by atoms with Gasteiger partial charge in [0.1, 0.15) is 0 Å². The standard InChI is InChI=1S/C13H12N2O2/c1-8-4-3-5-11(14-8)12-7-10(13(16)17)6-9(2)15-12/h3-7H,1-2H3,(H,16,17). The first-order valence-electron chi connectivity index (χ1n) is 5.22. The fourth-order valence-corrected chi connectivity index (χ4v) is 1.61. The Morgan fingerprint density at radius 2 is 1.76 bits per heavy atom. The molecule has 2 aromatic heterocycles. The first-order valence-corrected chi connectivity index (χ1v) is 5.22. The summed E-state index contributed by atoms with van der Waals surface area (Å²) in [6.45, 7) is 3.66. The summed E-state index contributed by atoms with van der Waals surface area (Å²) in [6, 6.07) is 8.67. The lowest BCUT2D eigenvalue weighted by molar-refractivity contribution is 0.0696. The van der Waals surface area contributed by atoms with E-state index in [2.05, 4.69) is 9.97 Å². The highest BCUT2D eigenvalue weighted by molar-refractivity contribution is 5.88. The minimum atomic E-state index is -0.954. The lowest BCUT2D eigenvalue weighted by atomic mass is 10.1. The molecule has 17 heavy (non-hydrogen) atoms. The van der Waals surface area contributed by atoms with Crippen LogP contribution in [0.15, 0.2) is 30.3 Å². The van der Waals surface area contributed by atoms with Crippen molar-refractivity contribution in [1.29, 1.82) is 0 Å². The molecule has 2 heterocycles. The van der Waals surface area contributed by atoms with Crippen molar-refractivity contribution >= 4 is 5.97 Å². The fraction of sp³-hybridized carbons (Fsp3) is 0.154. The summed E-state index contributed by atoms with van der Waals surface area (Å²) in [5, 5.41) is 8.99. The predicted octanol–water partition coefficient (Wildman–Crippen LogP) is 2.46. The number of nitrogens with zero attached hydrogens (tertiary/aromatic N) is 2. The zero-order valence-electron chi connectivity index (χ0n) is 9.64. The van der Waals surface area contributed by atoms with Gasteiger partial charge in [0.05, 0.1) is 17.0 Å². The predicted molar refractivity (Wildman–Crippen MR) is 63.9 cm³/mol. The number of aromatic nitrogens is 2. The Hall–Kier alpha value is -2.23. The molecule has 2 aromatic rings. The summed E-state index contributed by atoms with van der Waals surface area (Å²) in [4.78, 5) is 19.6. The van der Waals surface area contributed by atoms with E-state index in [1.54, 1.807) is 13.0 Å². The summed E-state index contributed by atoms with van der Waals surface area (Å²) in [5.74, 6) is -0.954. The highest BCUT2D eigenvalue weighted by Crippen LogP contribution is 2.17. The van der Waals surface area contributed by atoms with E-state index in [0.29, 0.717) is 17.1 Å². The monoisotopic (exact) mass is 228 g/mol. The summed E-state index contributed by atoms with van der Waals surface area (Å²) < 4.78 is 0. The van der Waals surface area contributed by atoms with E-state index in [4.69, 9.17) is 5.11 Å². The normalized spacial score (nSPS) is 10.2. The Kier molecular flexibility index (Phi) is 2.87. The Bertz CT molecular complexity index is 579. The summed E-state index contributed by atoms with van der Waals surface area (Å²) in [5.41, 5.74) is 3.06. The Labute approximate surface area is 99.0 Å². The van der Waals surface area contributed by atoms with Crippen LogP contribution in [0.1, 0.15) is 21.7 Å². The van der Waals surface area contributed by atoms with Gasteiger partial charge in [0.25, 0.3) is 0 Å². The van der Waals surface area contributed by atoms with Gasteiger partial charge >= 0.3 is 5.97 Å². The number of hydrogen-bond donors (Lipinski definition) is 1. The number of aromatic carboxylic acids is 1. The average Bonchev–Trinajstić information content (AvgIpc) is 2.28. The molecule has 0 unspecified atom stereocenters. The Morgan fingerprint density at radius 3 is 2.41 bits per heavy atom. The molecule has 0 aliphatic carbocycles. The van der Waals surface area contributed by atoms with Crippen LogP contribution in [0.3, 0.4) is 0 Å². The summed E-state index contributed by atoms with van der Waals surface area (Å²) in [7, 11) is 0. The molecule has 0 atom stereocenters. The van der Waals surface area contributed by atoms with Crippen LogP contribution in [-0.4, -0.2) is 21.0 Å². The molecule has 1 N–H and O–H groups in total. The Morgan fingerprint density at radius 1 is 1.06 bits per heavy atom. The quantitative estimate of drug-likeness (QED) is 0.857. The second kappa shape index (κ2) is 4.33. The van der Waals surface area contributed by atoms with E-state index >= 15 is 0 Å². The number of aryl methyl sites for hydroxylation is 2. The van der Waals surface area contributed by atoms with Crippen molar-refractivity contribution in [2.24, 2.45) is 0 Å². The van der Waals surface area contributed by atoms with E-state index in [0.717, 1.165) is 5.69 Å². The van der Waals surface area contributed by atoms with Crippen molar-refractivity contribution in [3.8, 4) is 11.4 Å². The molecule has 4 heteroatoms. The zero-order chi connectivity index (χ0) is 12.4. The van der Waals surface area contributed by atoms with Gasteiger partial charge in [-0.1, -0.05) is 6.07 Å². The second-order valence-corrected chi connectivity index (χ2v) is 3.85. The number of carbonyl (C=O) groups is 1. The molecule has 0 amide bonds. The lowest BCUT2D eigenvalue weighted by Crippen LogP contribution is -2.00. The topological polar surface area (TPSA) is 63.1 Å². The second-order valence-electron chi connectivity index (χ2n) is 3.85. The van der Waals surface area contributed by atoms with Gasteiger partial charge < -0.3 is 5.11 Å². The molecule has 0 spiro atoms. The van der Waals surface area contributed by atoms with Gasteiger partial charge in [-0.2, -0.15) is 0 Å². The molecular weight excluding hydrogens is 216 g/mol. The number of carboxylic acid groups (broad SMARTS) is 1. The summed E-state index contributed by atoms with van der Waals surface area (Å²) >= 11 is 0. The molecule has 2 rings (SSSR count). The number of hydrogen-bond acceptors (Lipinski definition) is 3. The van der Waals surface area contributed by atoms with Crippen molar-refractivity contribution < 1.29 is 9.90 Å². The molecule has 4 nitrogen and oxygen atoms in total. The van der Waals surface area contributed by atoms with Gasteiger partial charge in [-0.25, -0.2) is 4.79 Å². The Balaban J connectivity index is 2.56. The SMILES string of the molecule is Cc1cccc(-c2cc(C(=O)O)cc(C)n2)n1. The fourth-order valence-electron chi connectivity index (χ4n) is 1.61. The van der Waals surface area contributed by atoms with Gasteiger partial charge in [0.2, 0.25) is 0 Å². The number of carboxylic acids is 1. The minimum Gasteiger partial charge on any atom is -0.478 e. The number of rotatable bonds is 2. The van der Waals surface area contributed by atoms with Crippen LogP contribution in [0.25, 0.3) is 11.4 Å². The molecule has 0 fully saturated rings. The van der Waals surface area contributed by atoms with Crippen LogP contribution in [0, 0.1) is 13.8 Å². The maximum atomic E-state index is 11.0. The van der Waals surface area contributed by atoms with Crippen molar-refractivity contribution in [2.45, 2.75) is 13.8 Å². The van der Waals surface area contributed by atoms with E-state index in [9.17, 15) is 4.79 Å². The van der Waals surface area contributed by atoms with Crippen molar-refractivity contribution in [2.75, 3.05) is 0 Å². The highest BCUT2D eigenvalue weighted by atomic mass is 16.4. The molecule has 0 aromatic carbocycles. The molecule has 0 aliphatic rings. The van der Waals surface area contributed by atoms with Crippen molar-refractivity contribution in [3.63, 3.8) is 0 Å². The zero-order valence-corrected chi connectivity index (χ0v) is 9.64. The van der Waals surface area contributed by atoms with Crippen LogP contribution < -0.4 is 0 Å². The van der Waals surface area contributed by atoms with Crippen LogP contribution in [0.2, 0.25) is 0 Å². The number of pyridine rings is 2. The summed E-state index contributed by atoms with van der Waals surface area (Å²) in [6.07, 6.45) is 0. The van der Waals surface area contributed by atoms with Crippen LogP contribution in [0.5, 0.6) is 0 Å².